The van der Waals surface area contributed by atoms with Crippen LogP contribution < -0.4 is 10.5 Å². The van der Waals surface area contributed by atoms with Gasteiger partial charge in [-0.15, -0.1) is 23.1 Å². The summed E-state index contributed by atoms with van der Waals surface area (Å²) < 4.78 is 5.18. The first-order chi connectivity index (χ1) is 8.19. The van der Waals surface area contributed by atoms with Crippen molar-refractivity contribution in [3.8, 4) is 5.75 Å². The van der Waals surface area contributed by atoms with Gasteiger partial charge in [0.1, 0.15) is 5.75 Å². The molecular formula is C12H14N2OS2. The van der Waals surface area contributed by atoms with Gasteiger partial charge in [-0.2, -0.15) is 0 Å². The number of methoxy groups -OCH3 is 1. The van der Waals surface area contributed by atoms with E-state index in [0.29, 0.717) is 0 Å². The van der Waals surface area contributed by atoms with Crippen molar-refractivity contribution < 1.29 is 4.74 Å². The molecule has 0 spiro atoms. The average molecular weight is 266 g/mol. The van der Waals surface area contributed by atoms with Crippen LogP contribution in [-0.4, -0.2) is 12.1 Å². The number of anilines is 1. The first-order valence-corrected chi connectivity index (χ1v) is 7.03. The number of aromatic nitrogens is 1. The molecule has 90 valence electrons. The Morgan fingerprint density at radius 2 is 2.29 bits per heavy atom. The second-order valence-corrected chi connectivity index (χ2v) is 5.63. The molecule has 0 fully saturated rings. The minimum atomic E-state index is 0.780. The quantitative estimate of drug-likeness (QED) is 0.681. The van der Waals surface area contributed by atoms with E-state index in [0.717, 1.165) is 32.8 Å². The van der Waals surface area contributed by atoms with Gasteiger partial charge in [-0.3, -0.25) is 0 Å². The molecule has 2 N–H and O–H groups in total. The highest BCUT2D eigenvalue weighted by Gasteiger charge is 2.04. The van der Waals surface area contributed by atoms with Crippen LogP contribution in [0.3, 0.4) is 0 Å². The second-order valence-electron chi connectivity index (χ2n) is 3.55. The first kappa shape index (κ1) is 12.3. The van der Waals surface area contributed by atoms with Crippen molar-refractivity contribution in [3.05, 3.63) is 34.3 Å². The Morgan fingerprint density at radius 1 is 1.47 bits per heavy atom. The zero-order valence-electron chi connectivity index (χ0n) is 9.77. The Morgan fingerprint density at radius 3 is 2.94 bits per heavy atom. The van der Waals surface area contributed by atoms with Crippen LogP contribution in [0.1, 0.15) is 10.7 Å². The number of thioether (sulfide) groups is 1. The van der Waals surface area contributed by atoms with E-state index in [1.165, 1.54) is 0 Å². The number of hydrogen-bond donors (Lipinski definition) is 1. The largest absolute Gasteiger partial charge is 0.497 e. The van der Waals surface area contributed by atoms with Gasteiger partial charge in [-0.1, -0.05) is 0 Å². The predicted octanol–water partition coefficient (Wildman–Crippen LogP) is 3.33. The third-order valence-electron chi connectivity index (χ3n) is 2.26. The van der Waals surface area contributed by atoms with Crippen molar-refractivity contribution in [2.24, 2.45) is 0 Å². The molecule has 5 heteroatoms. The summed E-state index contributed by atoms with van der Waals surface area (Å²) in [6.07, 6.45) is 0. The van der Waals surface area contributed by atoms with E-state index in [-0.39, 0.29) is 0 Å². The highest BCUT2D eigenvalue weighted by Crippen LogP contribution is 2.31. The number of thiazole rings is 1. The lowest BCUT2D eigenvalue weighted by atomic mass is 10.3. The number of aryl methyl sites for hydroxylation is 1. The maximum absolute atomic E-state index is 5.92. The summed E-state index contributed by atoms with van der Waals surface area (Å²) in [5.74, 6) is 1.66. The lowest BCUT2D eigenvalue weighted by Gasteiger charge is -2.06. The van der Waals surface area contributed by atoms with Gasteiger partial charge in [-0.05, 0) is 25.1 Å². The van der Waals surface area contributed by atoms with Crippen LogP contribution in [0.5, 0.6) is 5.75 Å². The average Bonchev–Trinajstić information content (AvgIpc) is 2.74. The highest BCUT2D eigenvalue weighted by atomic mass is 32.2. The number of ether oxygens (including phenoxy) is 1. The van der Waals surface area contributed by atoms with Gasteiger partial charge in [0.15, 0.2) is 0 Å². The molecule has 1 aromatic carbocycles. The Balaban J connectivity index is 2.07. The Hall–Kier alpha value is -1.20. The molecular weight excluding hydrogens is 252 g/mol. The number of rotatable bonds is 4. The molecule has 3 nitrogen and oxygen atoms in total. The molecule has 17 heavy (non-hydrogen) atoms. The molecule has 0 aliphatic rings. The fourth-order valence-corrected chi connectivity index (χ4v) is 3.00. The van der Waals surface area contributed by atoms with E-state index in [2.05, 4.69) is 10.4 Å². The van der Waals surface area contributed by atoms with Crippen LogP contribution in [0.15, 0.2) is 28.5 Å². The Labute approximate surface area is 109 Å². The number of nitrogens with two attached hydrogens (primary N) is 1. The van der Waals surface area contributed by atoms with Gasteiger partial charge in [0.05, 0.1) is 17.8 Å². The number of nitrogens with zero attached hydrogens (tertiary/aromatic N) is 1. The summed E-state index contributed by atoms with van der Waals surface area (Å²) in [5, 5.41) is 3.18. The lowest BCUT2D eigenvalue weighted by molar-refractivity contribution is 0.414. The number of benzene rings is 1. The van der Waals surface area contributed by atoms with Crippen molar-refractivity contribution in [2.75, 3.05) is 12.8 Å². The third-order valence-corrected chi connectivity index (χ3v) is 4.19. The zero-order chi connectivity index (χ0) is 12.3. The van der Waals surface area contributed by atoms with Crippen molar-refractivity contribution in [3.63, 3.8) is 0 Å². The van der Waals surface area contributed by atoms with Crippen LogP contribution in [0.2, 0.25) is 0 Å². The maximum Gasteiger partial charge on any atom is 0.120 e. The molecule has 0 aliphatic heterocycles. The summed E-state index contributed by atoms with van der Waals surface area (Å²) in [7, 11) is 1.66. The van der Waals surface area contributed by atoms with Gasteiger partial charge < -0.3 is 10.5 Å². The van der Waals surface area contributed by atoms with Crippen molar-refractivity contribution in [2.45, 2.75) is 17.6 Å². The summed E-state index contributed by atoms with van der Waals surface area (Å²) in [6, 6.07) is 5.69. The Kier molecular flexibility index (Phi) is 3.91. The summed E-state index contributed by atoms with van der Waals surface area (Å²) in [6.45, 7) is 2.01. The summed E-state index contributed by atoms with van der Waals surface area (Å²) in [5.41, 5.74) is 7.80. The monoisotopic (exact) mass is 266 g/mol. The van der Waals surface area contributed by atoms with E-state index in [1.54, 1.807) is 30.2 Å². The normalized spacial score (nSPS) is 10.5. The molecule has 0 aliphatic carbocycles. The molecule has 0 amide bonds. The van der Waals surface area contributed by atoms with E-state index in [9.17, 15) is 0 Å². The van der Waals surface area contributed by atoms with Crippen molar-refractivity contribution in [1.82, 2.24) is 4.98 Å². The fourth-order valence-electron chi connectivity index (χ4n) is 1.39. The number of hydrogen-bond acceptors (Lipinski definition) is 5. The molecule has 0 radical (unpaired) electrons. The fraction of sp³-hybridized carbons (Fsp3) is 0.250. The molecule has 2 rings (SSSR count). The van der Waals surface area contributed by atoms with Crippen molar-refractivity contribution in [1.29, 1.82) is 0 Å². The summed E-state index contributed by atoms with van der Waals surface area (Å²) in [4.78, 5) is 5.46. The van der Waals surface area contributed by atoms with E-state index < -0.39 is 0 Å². The predicted molar refractivity (Wildman–Crippen MR) is 73.8 cm³/mol. The van der Waals surface area contributed by atoms with E-state index in [4.69, 9.17) is 10.5 Å². The van der Waals surface area contributed by atoms with Crippen LogP contribution >= 0.6 is 23.1 Å². The third kappa shape index (κ3) is 3.14. The zero-order valence-corrected chi connectivity index (χ0v) is 11.4. The van der Waals surface area contributed by atoms with Crippen molar-refractivity contribution >= 4 is 28.8 Å². The van der Waals surface area contributed by atoms with Crippen LogP contribution in [0.4, 0.5) is 5.69 Å². The van der Waals surface area contributed by atoms with Crippen LogP contribution in [0.25, 0.3) is 0 Å². The molecule has 1 heterocycles. The molecule has 0 bridgehead atoms. The van der Waals surface area contributed by atoms with Gasteiger partial charge >= 0.3 is 0 Å². The Bertz CT molecular complexity index is 511. The molecule has 1 aromatic heterocycles. The number of nitrogen functional groups attached to an aromatic ring is 1. The maximum atomic E-state index is 5.92. The molecule has 0 saturated heterocycles. The molecule has 0 unspecified atom stereocenters. The van der Waals surface area contributed by atoms with Crippen LogP contribution in [-0.2, 0) is 5.75 Å². The van der Waals surface area contributed by atoms with E-state index in [1.807, 2.05) is 25.1 Å². The highest BCUT2D eigenvalue weighted by molar-refractivity contribution is 7.98. The van der Waals surface area contributed by atoms with Gasteiger partial charge in [0.2, 0.25) is 0 Å². The minimum absolute atomic E-state index is 0.780. The SMILES string of the molecule is COc1ccc(N)c(SCc2csc(C)n2)c1. The topological polar surface area (TPSA) is 48.1 Å². The van der Waals surface area contributed by atoms with Gasteiger partial charge in [-0.25, -0.2) is 4.98 Å². The van der Waals surface area contributed by atoms with E-state index >= 15 is 0 Å². The molecule has 0 atom stereocenters. The van der Waals surface area contributed by atoms with Gasteiger partial charge in [0, 0.05) is 21.7 Å². The standard InChI is InChI=1S/C12H14N2OS2/c1-8-14-9(6-16-8)7-17-12-5-10(15-2)3-4-11(12)13/h3-6H,7,13H2,1-2H3. The first-order valence-electron chi connectivity index (χ1n) is 5.16. The van der Waals surface area contributed by atoms with Crippen LogP contribution in [0, 0.1) is 6.92 Å². The minimum Gasteiger partial charge on any atom is -0.497 e. The molecule has 2 aromatic rings. The summed E-state index contributed by atoms with van der Waals surface area (Å²) >= 11 is 3.35. The van der Waals surface area contributed by atoms with Gasteiger partial charge in [0.25, 0.3) is 0 Å². The smallest absolute Gasteiger partial charge is 0.120 e. The lowest BCUT2D eigenvalue weighted by Crippen LogP contribution is -1.91. The second kappa shape index (κ2) is 5.42. The molecule has 0 saturated carbocycles.